The maximum absolute atomic E-state index is 11.5. The predicted octanol–water partition coefficient (Wildman–Crippen LogP) is -1.39. The van der Waals surface area contributed by atoms with E-state index in [2.05, 4.69) is 28.3 Å². The van der Waals surface area contributed by atoms with E-state index in [-0.39, 0.29) is 18.3 Å². The van der Waals surface area contributed by atoms with Crippen molar-refractivity contribution in [2.75, 3.05) is 0 Å². The fourth-order valence-electron chi connectivity index (χ4n) is 1.51. The molecule has 2 atom stereocenters. The fourth-order valence-corrected chi connectivity index (χ4v) is 1.51. The molecule has 8 N–H and O–H groups in total. The molecule has 1 heterocycles. The van der Waals surface area contributed by atoms with Crippen LogP contribution < -0.4 is 16.4 Å². The van der Waals surface area contributed by atoms with E-state index in [0.717, 1.165) is 6.92 Å². The van der Waals surface area contributed by atoms with Gasteiger partial charge in [-0.25, -0.2) is 9.59 Å². The number of urea groups is 1. The van der Waals surface area contributed by atoms with Gasteiger partial charge < -0.3 is 41.3 Å². The number of hydrogen-bond donors (Lipinski definition) is 7. The van der Waals surface area contributed by atoms with Crippen LogP contribution in [0.1, 0.15) is 37.5 Å². The van der Waals surface area contributed by atoms with Gasteiger partial charge in [0.15, 0.2) is 5.82 Å². The van der Waals surface area contributed by atoms with Gasteiger partial charge in [0, 0.05) is 6.92 Å². The van der Waals surface area contributed by atoms with Gasteiger partial charge in [0.2, 0.25) is 5.89 Å². The zero-order valence-corrected chi connectivity index (χ0v) is 15.6. The van der Waals surface area contributed by atoms with Crippen LogP contribution in [0.2, 0.25) is 0 Å². The molecule has 15 heteroatoms. The summed E-state index contributed by atoms with van der Waals surface area (Å²) in [6.07, 6.45) is 6.79. The van der Waals surface area contributed by atoms with Crippen molar-refractivity contribution in [1.82, 2.24) is 20.8 Å². The largest absolute Gasteiger partial charge is 0.481 e. The third kappa shape index (κ3) is 13.9. The van der Waals surface area contributed by atoms with E-state index in [4.69, 9.17) is 35.5 Å². The summed E-state index contributed by atoms with van der Waals surface area (Å²) in [6.45, 7) is 0.790. The summed E-state index contributed by atoms with van der Waals surface area (Å²) in [4.78, 5) is 56.1. The van der Waals surface area contributed by atoms with Crippen LogP contribution in [0.25, 0.3) is 0 Å². The van der Waals surface area contributed by atoms with Gasteiger partial charge in [-0.3, -0.25) is 14.4 Å². The van der Waals surface area contributed by atoms with E-state index in [1.807, 2.05) is 5.32 Å². The molecule has 1 aromatic heterocycles. The summed E-state index contributed by atoms with van der Waals surface area (Å²) in [5.41, 5.74) is 5.52. The number of rotatable bonds is 9. The minimum Gasteiger partial charge on any atom is -0.481 e. The number of amides is 2. The Morgan fingerprint density at radius 2 is 1.57 bits per heavy atom. The lowest BCUT2D eigenvalue weighted by atomic mass is 10.2. The Labute approximate surface area is 169 Å². The zero-order chi connectivity index (χ0) is 23.9. The van der Waals surface area contributed by atoms with E-state index in [9.17, 15) is 19.2 Å². The highest BCUT2D eigenvalue weighted by Gasteiger charge is 2.23. The quantitative estimate of drug-likeness (QED) is 0.222. The number of nitrogens with one attached hydrogen (secondary N) is 2. The lowest BCUT2D eigenvalue weighted by molar-refractivity contribution is -0.145. The van der Waals surface area contributed by atoms with Crippen LogP contribution in [0.3, 0.4) is 0 Å². The first-order valence-electron chi connectivity index (χ1n) is 7.74. The number of terminal acetylenes is 1. The second-order valence-corrected chi connectivity index (χ2v) is 5.09. The summed E-state index contributed by atoms with van der Waals surface area (Å²) < 4.78 is 4.75. The van der Waals surface area contributed by atoms with Crippen LogP contribution in [0.5, 0.6) is 0 Å². The molecule has 0 aliphatic heterocycles. The minimum atomic E-state index is -1.61. The SMILES string of the molecule is C#C.CC(=O)O.N[C@@H](CC(=O)O)c1noc(CNC(=O)N[C@@H](CC(=O)O)C(=O)O)n1. The van der Waals surface area contributed by atoms with E-state index < -0.39 is 54.8 Å². The summed E-state index contributed by atoms with van der Waals surface area (Å²) in [6, 6.07) is -3.55. The van der Waals surface area contributed by atoms with Gasteiger partial charge in [-0.05, 0) is 0 Å². The second-order valence-electron chi connectivity index (χ2n) is 5.09. The van der Waals surface area contributed by atoms with Crippen molar-refractivity contribution in [3.8, 4) is 12.8 Å². The molecule has 0 aliphatic rings. The molecule has 15 nitrogen and oxygen atoms in total. The van der Waals surface area contributed by atoms with Gasteiger partial charge in [0.1, 0.15) is 6.04 Å². The molecule has 0 saturated carbocycles. The number of hydrogen-bond acceptors (Lipinski definition) is 9. The fraction of sp³-hybridized carbons (Fsp3) is 0.400. The molecule has 1 rings (SSSR count). The summed E-state index contributed by atoms with van der Waals surface area (Å²) in [7, 11) is 0. The van der Waals surface area contributed by atoms with E-state index >= 15 is 0 Å². The molecule has 0 spiro atoms. The van der Waals surface area contributed by atoms with Crippen molar-refractivity contribution < 1.29 is 48.9 Å². The second kappa shape index (κ2) is 14.8. The number of carbonyl (C=O) groups is 5. The molecule has 0 aliphatic carbocycles. The molecular weight excluding hydrogens is 410 g/mol. The van der Waals surface area contributed by atoms with Crippen LogP contribution in [-0.4, -0.2) is 66.5 Å². The molecule has 30 heavy (non-hydrogen) atoms. The Kier molecular flexibility index (Phi) is 13.8. The molecule has 1 aromatic rings. The molecule has 0 aromatic carbocycles. The van der Waals surface area contributed by atoms with Crippen LogP contribution in [0.4, 0.5) is 4.79 Å². The molecular formula is C15H21N5O10. The molecule has 0 radical (unpaired) electrons. The lowest BCUT2D eigenvalue weighted by Crippen LogP contribution is -2.46. The van der Waals surface area contributed by atoms with Gasteiger partial charge in [0.05, 0.1) is 25.4 Å². The van der Waals surface area contributed by atoms with Crippen LogP contribution in [-0.2, 0) is 25.7 Å². The maximum Gasteiger partial charge on any atom is 0.326 e. The predicted molar refractivity (Wildman–Crippen MR) is 95.7 cm³/mol. The number of carboxylic acid groups (broad SMARTS) is 4. The molecule has 0 saturated heterocycles. The highest BCUT2D eigenvalue weighted by atomic mass is 16.5. The van der Waals surface area contributed by atoms with Crippen LogP contribution in [0.15, 0.2) is 4.52 Å². The van der Waals surface area contributed by atoms with Crippen molar-refractivity contribution in [3.63, 3.8) is 0 Å². The van der Waals surface area contributed by atoms with Gasteiger partial charge >= 0.3 is 23.9 Å². The van der Waals surface area contributed by atoms with E-state index in [1.54, 1.807) is 0 Å². The van der Waals surface area contributed by atoms with Crippen LogP contribution in [0, 0.1) is 12.8 Å². The number of aromatic nitrogens is 2. The summed E-state index contributed by atoms with van der Waals surface area (Å²) in [5, 5.41) is 40.9. The first kappa shape index (κ1) is 28.0. The van der Waals surface area contributed by atoms with Gasteiger partial charge in [-0.2, -0.15) is 4.98 Å². The highest BCUT2D eigenvalue weighted by Crippen LogP contribution is 2.10. The van der Waals surface area contributed by atoms with E-state index in [0.29, 0.717) is 0 Å². The van der Waals surface area contributed by atoms with Gasteiger partial charge in [0.25, 0.3) is 5.97 Å². The lowest BCUT2D eigenvalue weighted by Gasteiger charge is -2.12. The Morgan fingerprint density at radius 1 is 1.07 bits per heavy atom. The Balaban J connectivity index is 0. The number of carbonyl (C=O) groups excluding carboxylic acids is 1. The average molecular weight is 431 g/mol. The third-order valence-electron chi connectivity index (χ3n) is 2.59. The van der Waals surface area contributed by atoms with Crippen molar-refractivity contribution in [2.24, 2.45) is 5.73 Å². The average Bonchev–Trinajstić information content (AvgIpc) is 3.09. The highest BCUT2D eigenvalue weighted by molar-refractivity contribution is 5.86. The van der Waals surface area contributed by atoms with Crippen molar-refractivity contribution in [1.29, 1.82) is 0 Å². The number of nitrogens with zero attached hydrogens (tertiary/aromatic N) is 2. The Morgan fingerprint density at radius 3 is 2.00 bits per heavy atom. The normalized spacial score (nSPS) is 11.2. The molecule has 0 unspecified atom stereocenters. The number of aliphatic carboxylic acids is 4. The Bertz CT molecular complexity index is 756. The standard InChI is InChI=1S/C11H15N5O8.C2H4O2.C2H2/c12-4(1-7(17)18)9-15-6(24-16-9)3-13-11(23)14-5(10(21)22)2-8(19)20;1-2(3)4;1-2/h4-5H,1-3,12H2,(H,17,18)(H,19,20)(H,21,22)(H2,13,14,23);1H3,(H,3,4);1-2H/t4-,5-;;/m0../s1. The van der Waals surface area contributed by atoms with Gasteiger partial charge in [-0.1, -0.05) is 5.16 Å². The van der Waals surface area contributed by atoms with Crippen molar-refractivity contribution >= 4 is 29.9 Å². The third-order valence-corrected chi connectivity index (χ3v) is 2.59. The van der Waals surface area contributed by atoms with Gasteiger partial charge in [-0.15, -0.1) is 12.8 Å². The molecule has 166 valence electrons. The Hall–Kier alpha value is -4.19. The smallest absolute Gasteiger partial charge is 0.326 e. The number of nitrogens with two attached hydrogens (primary N) is 1. The topological polar surface area (TPSA) is 255 Å². The minimum absolute atomic E-state index is 0.0658. The molecule has 0 fully saturated rings. The van der Waals surface area contributed by atoms with E-state index in [1.165, 1.54) is 0 Å². The zero-order valence-electron chi connectivity index (χ0n) is 15.6. The summed E-state index contributed by atoms with van der Waals surface area (Å²) in [5.74, 6) is -5.04. The monoisotopic (exact) mass is 431 g/mol. The van der Waals surface area contributed by atoms with Crippen LogP contribution >= 0.6 is 0 Å². The van der Waals surface area contributed by atoms with Crippen molar-refractivity contribution in [3.05, 3.63) is 11.7 Å². The molecule has 2 amide bonds. The first-order valence-corrected chi connectivity index (χ1v) is 7.74. The van der Waals surface area contributed by atoms with Crippen molar-refractivity contribution in [2.45, 2.75) is 38.4 Å². The number of carboxylic acids is 4. The first-order chi connectivity index (χ1) is 13.9. The maximum atomic E-state index is 11.5. The molecule has 0 bridgehead atoms. The summed E-state index contributed by atoms with van der Waals surface area (Å²) >= 11 is 0.